The van der Waals surface area contributed by atoms with E-state index < -0.39 is 6.10 Å². The molecule has 0 amide bonds. The molecular weight excluding hydrogens is 877 g/mol. The van der Waals surface area contributed by atoms with Crippen LogP contribution in [-0.4, -0.2) is 37.2 Å². The Balaban J connectivity index is 4.30. The van der Waals surface area contributed by atoms with Crippen LogP contribution in [0.5, 0.6) is 0 Å². The van der Waals surface area contributed by atoms with Crippen molar-refractivity contribution in [3.63, 3.8) is 0 Å². The van der Waals surface area contributed by atoms with Crippen molar-refractivity contribution in [3.05, 3.63) is 36.5 Å². The first-order valence-electron chi connectivity index (χ1n) is 31.5. The Labute approximate surface area is 442 Å². The van der Waals surface area contributed by atoms with Crippen LogP contribution in [0.25, 0.3) is 0 Å². The number of esters is 3. The van der Waals surface area contributed by atoms with E-state index in [0.717, 1.165) is 64.2 Å². The summed E-state index contributed by atoms with van der Waals surface area (Å²) in [6.07, 6.45) is 72.8. The highest BCUT2D eigenvalue weighted by Gasteiger charge is 2.19. The van der Waals surface area contributed by atoms with E-state index in [0.29, 0.717) is 19.3 Å². The van der Waals surface area contributed by atoms with E-state index >= 15 is 0 Å². The van der Waals surface area contributed by atoms with Gasteiger partial charge in [0.15, 0.2) is 6.10 Å². The molecule has 0 saturated heterocycles. The molecule has 1 atom stereocenters. The van der Waals surface area contributed by atoms with Gasteiger partial charge in [-0.1, -0.05) is 282 Å². The number of carbonyl (C=O) groups is 3. The Kier molecular flexibility index (Phi) is 58.2. The quantitative estimate of drug-likeness (QED) is 0.0261. The van der Waals surface area contributed by atoms with Crippen LogP contribution >= 0.6 is 0 Å². The van der Waals surface area contributed by atoms with Crippen LogP contribution in [0.4, 0.5) is 0 Å². The Morgan fingerprint density at radius 3 is 0.817 bits per heavy atom. The molecule has 0 aliphatic carbocycles. The molecule has 0 heterocycles. The molecular formula is C65H120O6. The van der Waals surface area contributed by atoms with Gasteiger partial charge in [0, 0.05) is 19.3 Å². The van der Waals surface area contributed by atoms with E-state index in [4.69, 9.17) is 14.2 Å². The van der Waals surface area contributed by atoms with Gasteiger partial charge in [-0.25, -0.2) is 0 Å². The van der Waals surface area contributed by atoms with E-state index in [1.165, 1.54) is 238 Å². The second-order valence-electron chi connectivity index (χ2n) is 21.3. The first-order valence-corrected chi connectivity index (χ1v) is 31.5. The van der Waals surface area contributed by atoms with Gasteiger partial charge in [-0.15, -0.1) is 0 Å². The van der Waals surface area contributed by atoms with Gasteiger partial charge in [-0.3, -0.25) is 14.4 Å². The smallest absolute Gasteiger partial charge is 0.306 e. The van der Waals surface area contributed by atoms with Gasteiger partial charge in [0.05, 0.1) is 0 Å². The average Bonchev–Trinajstić information content (AvgIpc) is 3.37. The molecule has 0 rings (SSSR count). The van der Waals surface area contributed by atoms with Gasteiger partial charge in [0.2, 0.25) is 0 Å². The summed E-state index contributed by atoms with van der Waals surface area (Å²) in [6, 6.07) is 0. The molecule has 0 N–H and O–H groups in total. The predicted molar refractivity (Wildman–Crippen MR) is 307 cm³/mol. The molecule has 0 aliphatic rings. The molecule has 0 aromatic rings. The summed E-state index contributed by atoms with van der Waals surface area (Å²) in [7, 11) is 0. The van der Waals surface area contributed by atoms with Crippen LogP contribution in [0.15, 0.2) is 36.5 Å². The van der Waals surface area contributed by atoms with Crippen LogP contribution in [0.1, 0.15) is 342 Å². The SMILES string of the molecule is CCCCC/C=C\C/C=C\CCCCCCCCCCCC(=O)OC[C@H](COC(=O)CCCCCCCCCCCCCCC)OC(=O)CCCCCCCCCCCCC/C=C\CCCCCCCC. The van der Waals surface area contributed by atoms with Crippen LogP contribution in [-0.2, 0) is 28.6 Å². The third-order valence-electron chi connectivity index (χ3n) is 14.1. The molecule has 416 valence electrons. The van der Waals surface area contributed by atoms with Crippen molar-refractivity contribution in [1.29, 1.82) is 0 Å². The highest BCUT2D eigenvalue weighted by atomic mass is 16.6. The van der Waals surface area contributed by atoms with Crippen LogP contribution in [0, 0.1) is 0 Å². The molecule has 0 aromatic carbocycles. The fourth-order valence-corrected chi connectivity index (χ4v) is 9.35. The number of hydrogen-bond acceptors (Lipinski definition) is 6. The lowest BCUT2D eigenvalue weighted by molar-refractivity contribution is -0.167. The number of allylic oxidation sites excluding steroid dienone is 6. The second-order valence-corrected chi connectivity index (χ2v) is 21.3. The fraction of sp³-hybridized carbons (Fsp3) is 0.862. The van der Waals surface area contributed by atoms with Crippen molar-refractivity contribution in [2.24, 2.45) is 0 Å². The van der Waals surface area contributed by atoms with E-state index in [-0.39, 0.29) is 31.1 Å². The summed E-state index contributed by atoms with van der Waals surface area (Å²) in [5, 5.41) is 0. The summed E-state index contributed by atoms with van der Waals surface area (Å²) < 4.78 is 16.9. The molecule has 0 aliphatic heterocycles. The van der Waals surface area contributed by atoms with Gasteiger partial charge < -0.3 is 14.2 Å². The zero-order valence-electron chi connectivity index (χ0n) is 47.8. The number of hydrogen-bond donors (Lipinski definition) is 0. The average molecular weight is 998 g/mol. The van der Waals surface area contributed by atoms with Gasteiger partial charge in [0.25, 0.3) is 0 Å². The Bertz CT molecular complexity index is 1190. The van der Waals surface area contributed by atoms with Crippen LogP contribution in [0.2, 0.25) is 0 Å². The number of carbonyl (C=O) groups excluding carboxylic acids is 3. The van der Waals surface area contributed by atoms with E-state index in [9.17, 15) is 14.4 Å². The molecule has 0 spiro atoms. The number of rotatable bonds is 58. The van der Waals surface area contributed by atoms with Gasteiger partial charge in [-0.05, 0) is 77.0 Å². The van der Waals surface area contributed by atoms with Gasteiger partial charge >= 0.3 is 17.9 Å². The number of ether oxygens (including phenoxy) is 3. The zero-order chi connectivity index (χ0) is 51.4. The van der Waals surface area contributed by atoms with Crippen LogP contribution in [0.3, 0.4) is 0 Å². The van der Waals surface area contributed by atoms with Crippen LogP contribution < -0.4 is 0 Å². The van der Waals surface area contributed by atoms with Crippen molar-refractivity contribution in [1.82, 2.24) is 0 Å². The minimum absolute atomic E-state index is 0.0692. The monoisotopic (exact) mass is 997 g/mol. The topological polar surface area (TPSA) is 78.9 Å². The van der Waals surface area contributed by atoms with Crippen molar-refractivity contribution in [2.75, 3.05) is 13.2 Å². The molecule has 6 heteroatoms. The normalized spacial score (nSPS) is 12.2. The van der Waals surface area contributed by atoms with Crippen molar-refractivity contribution in [3.8, 4) is 0 Å². The van der Waals surface area contributed by atoms with E-state index in [2.05, 4.69) is 57.2 Å². The summed E-state index contributed by atoms with van der Waals surface area (Å²) in [5.74, 6) is -0.852. The zero-order valence-corrected chi connectivity index (χ0v) is 47.8. The van der Waals surface area contributed by atoms with E-state index in [1.807, 2.05) is 0 Å². The number of unbranched alkanes of at least 4 members (excludes halogenated alkanes) is 41. The maximum atomic E-state index is 12.9. The van der Waals surface area contributed by atoms with E-state index in [1.54, 1.807) is 0 Å². The van der Waals surface area contributed by atoms with Gasteiger partial charge in [-0.2, -0.15) is 0 Å². The lowest BCUT2D eigenvalue weighted by Crippen LogP contribution is -2.30. The highest BCUT2D eigenvalue weighted by Crippen LogP contribution is 2.17. The Hall–Kier alpha value is -2.37. The molecule has 0 radical (unpaired) electrons. The fourth-order valence-electron chi connectivity index (χ4n) is 9.35. The third kappa shape index (κ3) is 58.4. The molecule has 6 nitrogen and oxygen atoms in total. The highest BCUT2D eigenvalue weighted by molar-refractivity contribution is 5.71. The van der Waals surface area contributed by atoms with Crippen molar-refractivity contribution >= 4 is 17.9 Å². The summed E-state index contributed by atoms with van der Waals surface area (Å²) >= 11 is 0. The lowest BCUT2D eigenvalue weighted by Gasteiger charge is -2.18. The molecule has 0 saturated carbocycles. The molecule has 0 aromatic heterocycles. The summed E-state index contributed by atoms with van der Waals surface area (Å²) in [6.45, 7) is 6.66. The molecule has 0 bridgehead atoms. The lowest BCUT2D eigenvalue weighted by atomic mass is 10.0. The minimum atomic E-state index is -0.772. The maximum absolute atomic E-state index is 12.9. The predicted octanol–water partition coefficient (Wildman–Crippen LogP) is 21.2. The standard InChI is InChI=1S/C65H120O6/c1-4-7-10-13-16-19-22-25-27-29-31-32-34-36-38-41-44-47-50-53-56-59-65(68)71-62(60-69-63(66)57-54-51-48-45-42-39-24-21-18-15-12-9-6-3)61-70-64(67)58-55-52-49-46-43-40-37-35-33-30-28-26-23-20-17-14-11-8-5-2/h17,20,25-28,62H,4-16,18-19,21-24,29-61H2,1-3H3/b20-17-,27-25-,28-26-/t62-/m0/s1. The molecule has 71 heavy (non-hydrogen) atoms. The maximum Gasteiger partial charge on any atom is 0.306 e. The Morgan fingerprint density at radius 1 is 0.282 bits per heavy atom. The summed E-state index contributed by atoms with van der Waals surface area (Å²) in [5.41, 5.74) is 0. The Morgan fingerprint density at radius 2 is 0.507 bits per heavy atom. The third-order valence-corrected chi connectivity index (χ3v) is 14.1. The van der Waals surface area contributed by atoms with Gasteiger partial charge in [0.1, 0.15) is 13.2 Å². The molecule has 0 fully saturated rings. The summed E-state index contributed by atoms with van der Waals surface area (Å²) in [4.78, 5) is 38.3. The second kappa shape index (κ2) is 60.2. The molecule has 0 unspecified atom stereocenters. The van der Waals surface area contributed by atoms with Crippen molar-refractivity contribution < 1.29 is 28.6 Å². The van der Waals surface area contributed by atoms with Crippen molar-refractivity contribution in [2.45, 2.75) is 348 Å². The largest absolute Gasteiger partial charge is 0.462 e. The minimum Gasteiger partial charge on any atom is -0.462 e. The first kappa shape index (κ1) is 68.6. The first-order chi connectivity index (χ1) is 35.0.